The van der Waals surface area contributed by atoms with Crippen molar-refractivity contribution in [1.82, 2.24) is 5.43 Å². The largest absolute Gasteiger partial charge is 0.503 e. The van der Waals surface area contributed by atoms with Crippen molar-refractivity contribution in [3.8, 4) is 17.2 Å². The second kappa shape index (κ2) is 8.56. The van der Waals surface area contributed by atoms with Crippen molar-refractivity contribution in [3.63, 3.8) is 0 Å². The standard InChI is InChI=1S/C16H14BrClN2O4/c1-23-14-7-10(6-11(17)16(14)22)8-19-20-15(21)9-24-13-5-3-2-4-12(13)18/h2-8,22H,9H2,1H3,(H,20,21)/b19-8+. The maximum absolute atomic E-state index is 11.7. The number of amides is 1. The first kappa shape index (κ1) is 18.1. The van der Waals surface area contributed by atoms with Crippen LogP contribution >= 0.6 is 27.5 Å². The van der Waals surface area contributed by atoms with Crippen LogP contribution in [0.3, 0.4) is 0 Å². The summed E-state index contributed by atoms with van der Waals surface area (Å²) in [6, 6.07) is 10.1. The molecule has 126 valence electrons. The highest BCUT2D eigenvalue weighted by molar-refractivity contribution is 9.10. The monoisotopic (exact) mass is 412 g/mol. The summed E-state index contributed by atoms with van der Waals surface area (Å²) in [5, 5.41) is 14.0. The van der Waals surface area contributed by atoms with Gasteiger partial charge >= 0.3 is 0 Å². The molecule has 0 saturated heterocycles. The quantitative estimate of drug-likeness (QED) is 0.562. The van der Waals surface area contributed by atoms with Crippen LogP contribution in [-0.2, 0) is 4.79 Å². The molecule has 6 nitrogen and oxygen atoms in total. The molecule has 0 fully saturated rings. The lowest BCUT2D eigenvalue weighted by atomic mass is 10.2. The molecule has 2 rings (SSSR count). The molecule has 0 aliphatic rings. The normalized spacial score (nSPS) is 10.6. The van der Waals surface area contributed by atoms with E-state index in [-0.39, 0.29) is 12.4 Å². The minimum atomic E-state index is -0.434. The van der Waals surface area contributed by atoms with Gasteiger partial charge in [0.15, 0.2) is 18.1 Å². The molecule has 0 unspecified atom stereocenters. The van der Waals surface area contributed by atoms with E-state index in [1.165, 1.54) is 13.3 Å². The number of phenols is 1. The fourth-order valence-electron chi connectivity index (χ4n) is 1.74. The summed E-state index contributed by atoms with van der Waals surface area (Å²) in [6.45, 7) is -0.219. The van der Waals surface area contributed by atoms with Gasteiger partial charge in [-0.25, -0.2) is 5.43 Å². The van der Waals surface area contributed by atoms with Crippen molar-refractivity contribution in [2.45, 2.75) is 0 Å². The lowest BCUT2D eigenvalue weighted by Crippen LogP contribution is -2.24. The Hall–Kier alpha value is -2.25. The average Bonchev–Trinajstić information content (AvgIpc) is 2.57. The number of hydrogen-bond donors (Lipinski definition) is 2. The van der Waals surface area contributed by atoms with Crippen LogP contribution in [0, 0.1) is 0 Å². The number of carbonyl (C=O) groups is 1. The van der Waals surface area contributed by atoms with E-state index in [0.717, 1.165) is 0 Å². The molecular weight excluding hydrogens is 400 g/mol. The number of carbonyl (C=O) groups excluding carboxylic acids is 1. The third-order valence-corrected chi connectivity index (χ3v) is 3.79. The zero-order valence-electron chi connectivity index (χ0n) is 12.6. The van der Waals surface area contributed by atoms with Crippen LogP contribution in [0.25, 0.3) is 0 Å². The highest BCUT2D eigenvalue weighted by Crippen LogP contribution is 2.34. The van der Waals surface area contributed by atoms with Crippen molar-refractivity contribution in [2.24, 2.45) is 5.10 Å². The molecule has 24 heavy (non-hydrogen) atoms. The molecule has 0 radical (unpaired) electrons. The van der Waals surface area contributed by atoms with E-state index < -0.39 is 5.91 Å². The first-order valence-electron chi connectivity index (χ1n) is 6.77. The van der Waals surface area contributed by atoms with Gasteiger partial charge in [0.2, 0.25) is 0 Å². The predicted molar refractivity (Wildman–Crippen MR) is 95.0 cm³/mol. The summed E-state index contributed by atoms with van der Waals surface area (Å²) in [4.78, 5) is 11.7. The van der Waals surface area contributed by atoms with E-state index in [4.69, 9.17) is 21.1 Å². The van der Waals surface area contributed by atoms with Gasteiger partial charge in [-0.15, -0.1) is 0 Å². The number of hydrazone groups is 1. The van der Waals surface area contributed by atoms with Crippen LogP contribution in [0.5, 0.6) is 17.2 Å². The maximum Gasteiger partial charge on any atom is 0.277 e. The molecule has 0 saturated carbocycles. The highest BCUT2D eigenvalue weighted by atomic mass is 79.9. The van der Waals surface area contributed by atoms with E-state index in [1.807, 2.05) is 0 Å². The Balaban J connectivity index is 1.91. The third kappa shape index (κ3) is 4.87. The molecule has 2 N–H and O–H groups in total. The fraction of sp³-hybridized carbons (Fsp3) is 0.125. The number of aromatic hydroxyl groups is 1. The molecular formula is C16H14BrClN2O4. The number of benzene rings is 2. The van der Waals surface area contributed by atoms with Gasteiger partial charge in [0.25, 0.3) is 5.91 Å². The predicted octanol–water partition coefficient (Wildman–Crippen LogP) is 3.35. The van der Waals surface area contributed by atoms with Crippen molar-refractivity contribution in [3.05, 3.63) is 51.5 Å². The first-order chi connectivity index (χ1) is 11.5. The summed E-state index contributed by atoms with van der Waals surface area (Å²) in [7, 11) is 1.44. The summed E-state index contributed by atoms with van der Waals surface area (Å²) in [6.07, 6.45) is 1.42. The van der Waals surface area contributed by atoms with E-state index in [1.54, 1.807) is 36.4 Å². The second-order valence-corrected chi connectivity index (χ2v) is 5.83. The van der Waals surface area contributed by atoms with Gasteiger partial charge in [-0.3, -0.25) is 4.79 Å². The molecule has 2 aromatic rings. The van der Waals surface area contributed by atoms with Gasteiger partial charge in [0.05, 0.1) is 22.8 Å². The molecule has 0 spiro atoms. The zero-order valence-corrected chi connectivity index (χ0v) is 15.0. The molecule has 2 aromatic carbocycles. The average molecular weight is 414 g/mol. The minimum Gasteiger partial charge on any atom is -0.503 e. The van der Waals surface area contributed by atoms with E-state index >= 15 is 0 Å². The summed E-state index contributed by atoms with van der Waals surface area (Å²) >= 11 is 9.13. The number of ether oxygens (including phenoxy) is 2. The van der Waals surface area contributed by atoms with Crippen LogP contribution in [0.15, 0.2) is 46.0 Å². The van der Waals surface area contributed by atoms with Gasteiger partial charge in [0.1, 0.15) is 5.75 Å². The van der Waals surface area contributed by atoms with E-state index in [2.05, 4.69) is 26.5 Å². The smallest absolute Gasteiger partial charge is 0.277 e. The van der Waals surface area contributed by atoms with Crippen molar-refractivity contribution in [1.29, 1.82) is 0 Å². The maximum atomic E-state index is 11.7. The Labute approximate surface area is 152 Å². The molecule has 1 amide bonds. The van der Waals surface area contributed by atoms with Gasteiger partial charge in [0, 0.05) is 0 Å². The van der Waals surface area contributed by atoms with Gasteiger partial charge in [-0.2, -0.15) is 5.10 Å². The van der Waals surface area contributed by atoms with Gasteiger partial charge < -0.3 is 14.6 Å². The van der Waals surface area contributed by atoms with Crippen LogP contribution in [0.1, 0.15) is 5.56 Å². The number of rotatable bonds is 6. The second-order valence-electron chi connectivity index (χ2n) is 4.57. The molecule has 0 aliphatic heterocycles. The summed E-state index contributed by atoms with van der Waals surface area (Å²) in [5.74, 6) is 0.271. The van der Waals surface area contributed by atoms with Crippen LogP contribution in [0.4, 0.5) is 0 Å². The summed E-state index contributed by atoms with van der Waals surface area (Å²) < 4.78 is 10.8. The van der Waals surface area contributed by atoms with Crippen molar-refractivity contribution in [2.75, 3.05) is 13.7 Å². The third-order valence-electron chi connectivity index (χ3n) is 2.87. The van der Waals surface area contributed by atoms with Gasteiger partial charge in [-0.05, 0) is 45.8 Å². The zero-order chi connectivity index (χ0) is 17.5. The first-order valence-corrected chi connectivity index (χ1v) is 7.94. The molecule has 0 aromatic heterocycles. The molecule has 0 aliphatic carbocycles. The Morgan fingerprint density at radius 2 is 2.12 bits per heavy atom. The van der Waals surface area contributed by atoms with Crippen molar-refractivity contribution >= 4 is 39.7 Å². The number of methoxy groups -OCH3 is 1. The Bertz CT molecular complexity index is 768. The van der Waals surface area contributed by atoms with E-state index in [0.29, 0.717) is 26.6 Å². The molecule has 0 bridgehead atoms. The van der Waals surface area contributed by atoms with Crippen molar-refractivity contribution < 1.29 is 19.4 Å². The minimum absolute atomic E-state index is 0.00757. The highest BCUT2D eigenvalue weighted by Gasteiger charge is 2.08. The van der Waals surface area contributed by atoms with Crippen LogP contribution < -0.4 is 14.9 Å². The molecule has 0 heterocycles. The lowest BCUT2D eigenvalue weighted by molar-refractivity contribution is -0.123. The molecule has 8 heteroatoms. The number of para-hydroxylation sites is 1. The van der Waals surface area contributed by atoms with Gasteiger partial charge in [-0.1, -0.05) is 23.7 Å². The Morgan fingerprint density at radius 1 is 1.38 bits per heavy atom. The lowest BCUT2D eigenvalue weighted by Gasteiger charge is -2.07. The number of nitrogens with one attached hydrogen (secondary N) is 1. The SMILES string of the molecule is COc1cc(/C=N/NC(=O)COc2ccccc2Cl)cc(Br)c1O. The Morgan fingerprint density at radius 3 is 2.83 bits per heavy atom. The number of halogens is 2. The number of nitrogens with zero attached hydrogens (tertiary/aromatic N) is 1. The number of phenolic OH excluding ortho intramolecular Hbond substituents is 1. The number of hydrogen-bond acceptors (Lipinski definition) is 5. The summed E-state index contributed by atoms with van der Waals surface area (Å²) in [5.41, 5.74) is 2.96. The topological polar surface area (TPSA) is 80.2 Å². The Kier molecular flexibility index (Phi) is 6.45. The fourth-order valence-corrected chi connectivity index (χ4v) is 2.39. The molecule has 0 atom stereocenters. The van der Waals surface area contributed by atoms with Crippen LogP contribution in [0.2, 0.25) is 5.02 Å². The van der Waals surface area contributed by atoms with Crippen LogP contribution in [-0.4, -0.2) is 30.9 Å². The van der Waals surface area contributed by atoms with E-state index in [9.17, 15) is 9.90 Å².